The van der Waals surface area contributed by atoms with Crippen LogP contribution in [0.1, 0.15) is 18.1 Å². The van der Waals surface area contributed by atoms with Crippen molar-refractivity contribution in [2.75, 3.05) is 25.3 Å². The summed E-state index contributed by atoms with van der Waals surface area (Å²) in [5, 5.41) is 4.14. The first-order valence-electron chi connectivity index (χ1n) is 8.19. The second-order valence-corrected chi connectivity index (χ2v) is 7.20. The number of nitrogens with zero attached hydrogens (tertiary/aromatic N) is 1. The summed E-state index contributed by atoms with van der Waals surface area (Å²) < 4.78 is 22.2. The fourth-order valence-electron chi connectivity index (χ4n) is 2.31. The van der Waals surface area contributed by atoms with Gasteiger partial charge < -0.3 is 19.3 Å². The van der Waals surface area contributed by atoms with E-state index < -0.39 is 11.2 Å². The number of aldehydes is 1. The topological polar surface area (TPSA) is 83.5 Å². The van der Waals surface area contributed by atoms with Gasteiger partial charge in [0.05, 0.1) is 18.7 Å². The second-order valence-electron chi connectivity index (χ2n) is 5.46. The van der Waals surface area contributed by atoms with E-state index in [2.05, 4.69) is 10.3 Å². The molecular weight excluding hydrogens is 388 g/mol. The average Bonchev–Trinajstić information content (AvgIpc) is 2.66. The quantitative estimate of drug-likeness (QED) is 0.295. The Bertz CT molecular complexity index is 827. The maximum atomic E-state index is 11.8. The van der Waals surface area contributed by atoms with E-state index in [9.17, 15) is 9.35 Å². The summed E-state index contributed by atoms with van der Waals surface area (Å²) in [5.41, 5.74) is 1.57. The SMILES string of the molecule is CCOC(C=O)=Cc1ccc([S+](C)[O-])nc1NCc1ccc(OC)c(Cl)c1. The van der Waals surface area contributed by atoms with Crippen molar-refractivity contribution in [3.63, 3.8) is 0 Å². The van der Waals surface area contributed by atoms with Crippen LogP contribution in [0.15, 0.2) is 41.1 Å². The lowest BCUT2D eigenvalue weighted by molar-refractivity contribution is -0.107. The van der Waals surface area contributed by atoms with Crippen LogP contribution in [-0.2, 0) is 27.3 Å². The van der Waals surface area contributed by atoms with Crippen LogP contribution >= 0.6 is 11.6 Å². The highest BCUT2D eigenvalue weighted by Crippen LogP contribution is 2.26. The zero-order chi connectivity index (χ0) is 19.8. The summed E-state index contributed by atoms with van der Waals surface area (Å²) in [6.07, 6.45) is 3.79. The number of pyridine rings is 1. The molecule has 1 heterocycles. The molecule has 0 aliphatic heterocycles. The van der Waals surface area contributed by atoms with Crippen molar-refractivity contribution < 1.29 is 18.8 Å². The number of hydrogen-bond donors (Lipinski definition) is 1. The summed E-state index contributed by atoms with van der Waals surface area (Å²) in [5.74, 6) is 1.28. The number of hydrogen-bond acceptors (Lipinski definition) is 6. The van der Waals surface area contributed by atoms with Crippen LogP contribution in [0.4, 0.5) is 5.82 Å². The number of ether oxygens (including phenoxy) is 2. The van der Waals surface area contributed by atoms with Gasteiger partial charge in [0.2, 0.25) is 5.03 Å². The van der Waals surface area contributed by atoms with E-state index in [1.54, 1.807) is 50.6 Å². The molecule has 0 amide bonds. The molecule has 1 aromatic heterocycles. The smallest absolute Gasteiger partial charge is 0.246 e. The highest BCUT2D eigenvalue weighted by Gasteiger charge is 2.12. The maximum Gasteiger partial charge on any atom is 0.246 e. The normalized spacial score (nSPS) is 12.4. The fourth-order valence-corrected chi connectivity index (χ4v) is 3.07. The molecule has 1 N–H and O–H groups in total. The van der Waals surface area contributed by atoms with Crippen LogP contribution in [0.5, 0.6) is 5.75 Å². The molecule has 2 rings (SSSR count). The Labute approximate surface area is 166 Å². The molecule has 0 bridgehead atoms. The number of allylic oxidation sites excluding steroid dienone is 1. The van der Waals surface area contributed by atoms with Gasteiger partial charge in [0.1, 0.15) is 17.8 Å². The van der Waals surface area contributed by atoms with Crippen LogP contribution in [0, 0.1) is 0 Å². The third-order valence-corrected chi connectivity index (χ3v) is 4.71. The lowest BCUT2D eigenvalue weighted by Gasteiger charge is -2.12. The van der Waals surface area contributed by atoms with Gasteiger partial charge in [0.15, 0.2) is 12.0 Å². The number of methoxy groups -OCH3 is 1. The third kappa shape index (κ3) is 5.89. The van der Waals surface area contributed by atoms with Crippen molar-refractivity contribution in [1.29, 1.82) is 0 Å². The third-order valence-electron chi connectivity index (χ3n) is 3.60. The van der Waals surface area contributed by atoms with Crippen molar-refractivity contribution in [1.82, 2.24) is 4.98 Å². The minimum atomic E-state index is -1.23. The number of benzene rings is 1. The molecule has 0 radical (unpaired) electrons. The van der Waals surface area contributed by atoms with Crippen LogP contribution in [0.25, 0.3) is 6.08 Å². The van der Waals surface area contributed by atoms with E-state index in [0.717, 1.165) is 5.56 Å². The Hall–Kier alpha value is -2.22. The van der Waals surface area contributed by atoms with Crippen LogP contribution in [-0.4, -0.2) is 35.8 Å². The van der Waals surface area contributed by atoms with Crippen LogP contribution in [0.2, 0.25) is 5.02 Å². The van der Waals surface area contributed by atoms with Gasteiger partial charge in [-0.25, -0.2) is 0 Å². The summed E-state index contributed by atoms with van der Waals surface area (Å²) >= 11 is 4.93. The maximum absolute atomic E-state index is 11.8. The molecule has 1 aromatic carbocycles. The number of carbonyl (C=O) groups is 1. The van der Waals surface area contributed by atoms with Crippen LogP contribution in [0.3, 0.4) is 0 Å². The standard InChI is InChI=1S/C19H21ClN2O4S/c1-4-26-15(12-23)10-14-6-8-18(27(3)24)22-19(14)21-11-13-5-7-17(25-2)16(20)9-13/h5-10,12H,4,11H2,1-3H3,(H,21,22). The van der Waals surface area contributed by atoms with Gasteiger partial charge >= 0.3 is 0 Å². The zero-order valence-corrected chi connectivity index (χ0v) is 16.9. The van der Waals surface area contributed by atoms with Gasteiger partial charge in [-0.3, -0.25) is 4.79 Å². The van der Waals surface area contributed by atoms with Gasteiger partial charge in [-0.1, -0.05) is 17.7 Å². The predicted octanol–water partition coefficient (Wildman–Crippen LogP) is 3.67. The number of anilines is 1. The van der Waals surface area contributed by atoms with Crippen LogP contribution < -0.4 is 10.1 Å². The molecule has 0 spiro atoms. The van der Waals surface area contributed by atoms with Gasteiger partial charge in [0.25, 0.3) is 0 Å². The molecule has 0 aliphatic carbocycles. The van der Waals surface area contributed by atoms with E-state index in [4.69, 9.17) is 21.1 Å². The molecule has 0 fully saturated rings. The number of carbonyl (C=O) groups excluding carboxylic acids is 1. The molecule has 2 aromatic rings. The molecule has 6 nitrogen and oxygen atoms in total. The van der Waals surface area contributed by atoms with Gasteiger partial charge in [-0.2, -0.15) is 4.98 Å². The number of nitrogens with one attached hydrogen (secondary N) is 1. The summed E-state index contributed by atoms with van der Waals surface area (Å²) in [6.45, 7) is 2.61. The van der Waals surface area contributed by atoms with Crippen molar-refractivity contribution in [2.45, 2.75) is 18.5 Å². The molecule has 1 atom stereocenters. The first-order valence-corrected chi connectivity index (χ1v) is 10.1. The summed E-state index contributed by atoms with van der Waals surface area (Å²) in [6, 6.07) is 8.86. The molecule has 1 unspecified atom stereocenters. The van der Waals surface area contributed by atoms with E-state index in [0.29, 0.717) is 46.6 Å². The first kappa shape index (κ1) is 21.1. The second kappa shape index (κ2) is 10.2. The number of rotatable bonds is 9. The zero-order valence-electron chi connectivity index (χ0n) is 15.3. The molecular formula is C19H21ClN2O4S. The lowest BCUT2D eigenvalue weighted by Crippen LogP contribution is -2.08. The molecule has 0 aliphatic rings. The first-order chi connectivity index (χ1) is 13.0. The average molecular weight is 409 g/mol. The monoisotopic (exact) mass is 408 g/mol. The Morgan fingerprint density at radius 1 is 1.37 bits per heavy atom. The Balaban J connectivity index is 2.30. The highest BCUT2D eigenvalue weighted by molar-refractivity contribution is 7.90. The molecule has 0 saturated heterocycles. The summed E-state index contributed by atoms with van der Waals surface area (Å²) in [7, 11) is 1.56. The summed E-state index contributed by atoms with van der Waals surface area (Å²) in [4.78, 5) is 15.6. The minimum absolute atomic E-state index is 0.195. The van der Waals surface area contributed by atoms with E-state index in [1.807, 2.05) is 6.07 Å². The predicted molar refractivity (Wildman–Crippen MR) is 108 cm³/mol. The van der Waals surface area contributed by atoms with E-state index >= 15 is 0 Å². The van der Waals surface area contributed by atoms with Crippen molar-refractivity contribution in [2.24, 2.45) is 0 Å². The van der Waals surface area contributed by atoms with E-state index in [-0.39, 0.29) is 5.76 Å². The Kier molecular flexibility index (Phi) is 7.97. The largest absolute Gasteiger partial charge is 0.610 e. The Morgan fingerprint density at radius 3 is 2.74 bits per heavy atom. The number of aromatic nitrogens is 1. The fraction of sp³-hybridized carbons (Fsp3) is 0.263. The molecule has 0 saturated carbocycles. The molecule has 144 valence electrons. The van der Waals surface area contributed by atoms with Gasteiger partial charge in [-0.05, 0) is 36.8 Å². The van der Waals surface area contributed by atoms with E-state index in [1.165, 1.54) is 0 Å². The van der Waals surface area contributed by atoms with Crippen molar-refractivity contribution in [3.8, 4) is 5.75 Å². The van der Waals surface area contributed by atoms with Gasteiger partial charge in [0, 0.05) is 29.4 Å². The molecule has 8 heteroatoms. The minimum Gasteiger partial charge on any atom is -0.610 e. The Morgan fingerprint density at radius 2 is 2.15 bits per heavy atom. The molecule has 27 heavy (non-hydrogen) atoms. The number of halogens is 1. The lowest BCUT2D eigenvalue weighted by atomic mass is 10.2. The van der Waals surface area contributed by atoms with Crippen molar-refractivity contribution >= 4 is 41.0 Å². The highest BCUT2D eigenvalue weighted by atomic mass is 35.5. The van der Waals surface area contributed by atoms with Crippen molar-refractivity contribution in [3.05, 3.63) is 52.2 Å². The van der Waals surface area contributed by atoms with Gasteiger partial charge in [-0.15, -0.1) is 0 Å².